The minimum absolute atomic E-state index is 0.197. The molecule has 2 rings (SSSR count). The Bertz CT molecular complexity index is 882. The number of likely N-dealkylation sites (N-methyl/N-ethyl adjacent to an activating group) is 1. The van der Waals surface area contributed by atoms with E-state index >= 15 is 0 Å². The Morgan fingerprint density at radius 3 is 2.23 bits per heavy atom. The van der Waals surface area contributed by atoms with E-state index in [0.29, 0.717) is 32.5 Å². The van der Waals surface area contributed by atoms with Crippen LogP contribution in [-0.2, 0) is 27.2 Å². The van der Waals surface area contributed by atoms with Crippen LogP contribution in [0.5, 0.6) is 5.75 Å². The fourth-order valence-corrected chi connectivity index (χ4v) is 4.30. The van der Waals surface area contributed by atoms with Crippen LogP contribution in [-0.4, -0.2) is 54.3 Å². The van der Waals surface area contributed by atoms with Gasteiger partial charge in [0, 0.05) is 6.42 Å². The molecule has 0 saturated heterocycles. The molecule has 2 aromatic rings. The average Bonchev–Trinajstić information content (AvgIpc) is 2.88. The monoisotopic (exact) mass is 483 g/mol. The number of unbranched alkanes of at least 4 members (excludes halogenated alkanes) is 1. The van der Waals surface area contributed by atoms with Crippen molar-refractivity contribution in [3.05, 3.63) is 65.7 Å². The van der Waals surface area contributed by atoms with E-state index in [9.17, 15) is 14.7 Å². The first kappa shape index (κ1) is 28.4. The van der Waals surface area contributed by atoms with E-state index in [-0.39, 0.29) is 6.61 Å². The lowest BCUT2D eigenvalue weighted by Gasteiger charge is -2.32. The molecule has 2 aromatic carbocycles. The highest BCUT2D eigenvalue weighted by molar-refractivity contribution is 5.84. The van der Waals surface area contributed by atoms with Crippen molar-refractivity contribution < 1.29 is 24.2 Å². The lowest BCUT2D eigenvalue weighted by Crippen LogP contribution is -2.49. The van der Waals surface area contributed by atoms with Crippen LogP contribution in [0.4, 0.5) is 0 Å². The number of esters is 1. The zero-order chi connectivity index (χ0) is 25.5. The Morgan fingerprint density at radius 2 is 1.57 bits per heavy atom. The smallest absolute Gasteiger partial charge is 0.324 e. The van der Waals surface area contributed by atoms with Gasteiger partial charge >= 0.3 is 11.9 Å². The Labute approximate surface area is 210 Å². The number of aryl methyl sites for hydroxylation is 2. The summed E-state index contributed by atoms with van der Waals surface area (Å²) in [6.07, 6.45) is 4.47. The summed E-state index contributed by atoms with van der Waals surface area (Å²) in [7, 11) is 0. The SMILES string of the molecule is CCCCC(C(=O)O)C(C(=O)OCCCOc1ccccc1CCc1ccccc1)N(CC)CC. The number of hydrogen-bond acceptors (Lipinski definition) is 5. The van der Waals surface area contributed by atoms with Crippen LogP contribution in [0.25, 0.3) is 0 Å². The Kier molecular flexibility index (Phi) is 12.9. The molecule has 6 heteroatoms. The third-order valence-corrected chi connectivity index (χ3v) is 6.30. The van der Waals surface area contributed by atoms with Crippen LogP contribution in [0.3, 0.4) is 0 Å². The number of hydrogen-bond donors (Lipinski definition) is 1. The summed E-state index contributed by atoms with van der Waals surface area (Å²) in [6, 6.07) is 17.6. The number of carbonyl (C=O) groups excluding carboxylic acids is 1. The van der Waals surface area contributed by atoms with Crippen molar-refractivity contribution in [2.45, 2.75) is 65.3 Å². The summed E-state index contributed by atoms with van der Waals surface area (Å²) >= 11 is 0. The number of nitrogens with zero attached hydrogens (tertiary/aromatic N) is 1. The normalized spacial score (nSPS) is 12.8. The van der Waals surface area contributed by atoms with E-state index in [2.05, 4.69) is 18.2 Å². The molecule has 35 heavy (non-hydrogen) atoms. The first-order valence-corrected chi connectivity index (χ1v) is 12.9. The number of carboxylic acid groups (broad SMARTS) is 1. The topological polar surface area (TPSA) is 76.1 Å². The molecule has 0 aliphatic carbocycles. The molecule has 192 valence electrons. The fraction of sp³-hybridized carbons (Fsp3) is 0.517. The maximum atomic E-state index is 13.0. The van der Waals surface area contributed by atoms with Crippen molar-refractivity contribution in [1.82, 2.24) is 4.90 Å². The summed E-state index contributed by atoms with van der Waals surface area (Å²) in [4.78, 5) is 26.8. The molecular weight excluding hydrogens is 442 g/mol. The molecule has 0 bridgehead atoms. The fourth-order valence-electron chi connectivity index (χ4n) is 4.30. The van der Waals surface area contributed by atoms with Gasteiger partial charge in [-0.3, -0.25) is 14.5 Å². The molecule has 0 aliphatic rings. The van der Waals surface area contributed by atoms with Gasteiger partial charge in [-0.15, -0.1) is 0 Å². The summed E-state index contributed by atoms with van der Waals surface area (Å²) in [5.41, 5.74) is 2.44. The van der Waals surface area contributed by atoms with Crippen LogP contribution >= 0.6 is 0 Å². The van der Waals surface area contributed by atoms with Gasteiger partial charge in [-0.25, -0.2) is 0 Å². The Balaban J connectivity index is 1.88. The first-order valence-electron chi connectivity index (χ1n) is 12.9. The van der Waals surface area contributed by atoms with Crippen LogP contribution in [0.2, 0.25) is 0 Å². The van der Waals surface area contributed by atoms with Gasteiger partial charge in [-0.05, 0) is 49.5 Å². The van der Waals surface area contributed by atoms with E-state index in [0.717, 1.165) is 37.0 Å². The molecule has 0 aliphatic heterocycles. The first-order chi connectivity index (χ1) is 17.0. The lowest BCUT2D eigenvalue weighted by atomic mass is 9.92. The molecule has 1 N–H and O–H groups in total. The van der Waals surface area contributed by atoms with Gasteiger partial charge in [0.1, 0.15) is 11.8 Å². The zero-order valence-electron chi connectivity index (χ0n) is 21.4. The van der Waals surface area contributed by atoms with Crippen molar-refractivity contribution in [3.63, 3.8) is 0 Å². The molecule has 0 aromatic heterocycles. The van der Waals surface area contributed by atoms with Crippen LogP contribution in [0, 0.1) is 5.92 Å². The molecule has 0 radical (unpaired) electrons. The molecule has 0 heterocycles. The number of aliphatic carboxylic acids is 1. The van der Waals surface area contributed by atoms with E-state index in [1.165, 1.54) is 5.56 Å². The number of carboxylic acids is 1. The number of ether oxygens (including phenoxy) is 2. The van der Waals surface area contributed by atoms with Gasteiger partial charge in [0.2, 0.25) is 0 Å². The quantitative estimate of drug-likeness (QED) is 0.240. The molecule has 0 spiro atoms. The van der Waals surface area contributed by atoms with Gasteiger partial charge in [-0.1, -0.05) is 82.1 Å². The Hall–Kier alpha value is -2.86. The number of benzene rings is 2. The predicted molar refractivity (Wildman–Crippen MR) is 139 cm³/mol. The molecule has 0 fully saturated rings. The van der Waals surface area contributed by atoms with Gasteiger partial charge in [0.05, 0.1) is 19.1 Å². The van der Waals surface area contributed by atoms with E-state index in [1.807, 2.05) is 62.1 Å². The third-order valence-electron chi connectivity index (χ3n) is 6.30. The van der Waals surface area contributed by atoms with Crippen molar-refractivity contribution in [2.75, 3.05) is 26.3 Å². The van der Waals surface area contributed by atoms with Crippen molar-refractivity contribution in [2.24, 2.45) is 5.92 Å². The van der Waals surface area contributed by atoms with Crippen LogP contribution < -0.4 is 4.74 Å². The second-order valence-electron chi connectivity index (χ2n) is 8.72. The highest BCUT2D eigenvalue weighted by Crippen LogP contribution is 2.22. The van der Waals surface area contributed by atoms with E-state index in [4.69, 9.17) is 9.47 Å². The van der Waals surface area contributed by atoms with Crippen LogP contribution in [0.15, 0.2) is 54.6 Å². The van der Waals surface area contributed by atoms with Gasteiger partial charge in [0.25, 0.3) is 0 Å². The number of rotatable bonds is 17. The molecule has 2 atom stereocenters. The van der Waals surface area contributed by atoms with Crippen molar-refractivity contribution in [1.29, 1.82) is 0 Å². The molecule has 0 saturated carbocycles. The summed E-state index contributed by atoms with van der Waals surface area (Å²) in [5, 5.41) is 9.78. The second-order valence-corrected chi connectivity index (χ2v) is 8.72. The standard InChI is InChI=1S/C29H41NO5/c1-4-7-17-25(28(31)32)27(30(5-2)6-3)29(33)35-22-13-21-34-26-18-12-11-16-24(26)20-19-23-14-9-8-10-15-23/h8-12,14-16,18,25,27H,4-7,13,17,19-22H2,1-3H3,(H,31,32). The van der Waals surface area contributed by atoms with Crippen molar-refractivity contribution in [3.8, 4) is 5.75 Å². The average molecular weight is 484 g/mol. The molecule has 6 nitrogen and oxygen atoms in total. The number of carbonyl (C=O) groups is 2. The van der Waals surface area contributed by atoms with E-state index < -0.39 is 23.9 Å². The minimum Gasteiger partial charge on any atom is -0.493 e. The lowest BCUT2D eigenvalue weighted by molar-refractivity contribution is -0.160. The minimum atomic E-state index is -0.942. The molecule has 2 unspecified atom stereocenters. The van der Waals surface area contributed by atoms with Crippen molar-refractivity contribution >= 4 is 11.9 Å². The molecule has 0 amide bonds. The summed E-state index contributed by atoms with van der Waals surface area (Å²) < 4.78 is 11.6. The predicted octanol–water partition coefficient (Wildman–Crippen LogP) is 5.39. The second kappa shape index (κ2) is 15.9. The zero-order valence-corrected chi connectivity index (χ0v) is 21.4. The molecular formula is C29H41NO5. The van der Waals surface area contributed by atoms with Gasteiger partial charge in [-0.2, -0.15) is 0 Å². The maximum absolute atomic E-state index is 13.0. The third kappa shape index (κ3) is 9.36. The Morgan fingerprint density at radius 1 is 0.886 bits per heavy atom. The van der Waals surface area contributed by atoms with Gasteiger partial charge in [0.15, 0.2) is 0 Å². The highest BCUT2D eigenvalue weighted by atomic mass is 16.5. The van der Waals surface area contributed by atoms with Gasteiger partial charge < -0.3 is 14.6 Å². The van der Waals surface area contributed by atoms with Crippen LogP contribution in [0.1, 0.15) is 57.6 Å². The largest absolute Gasteiger partial charge is 0.493 e. The van der Waals surface area contributed by atoms with E-state index in [1.54, 1.807) is 0 Å². The maximum Gasteiger partial charge on any atom is 0.324 e. The number of para-hydroxylation sites is 1. The summed E-state index contributed by atoms with van der Waals surface area (Å²) in [6.45, 7) is 7.69. The highest BCUT2D eigenvalue weighted by Gasteiger charge is 2.37. The summed E-state index contributed by atoms with van der Waals surface area (Å²) in [5.74, 6) is -1.32.